The second-order valence-electron chi connectivity index (χ2n) is 4.21. The predicted molar refractivity (Wildman–Crippen MR) is 65.6 cm³/mol. The summed E-state index contributed by atoms with van der Waals surface area (Å²) in [5.41, 5.74) is 0. The predicted octanol–water partition coefficient (Wildman–Crippen LogP) is -1.72. The van der Waals surface area contributed by atoms with Crippen molar-refractivity contribution in [2.45, 2.75) is 30.6 Å². The molecule has 0 aliphatic carbocycles. The van der Waals surface area contributed by atoms with E-state index >= 15 is 0 Å². The van der Waals surface area contributed by atoms with Gasteiger partial charge in [-0.15, -0.1) is 11.3 Å². The summed E-state index contributed by atoms with van der Waals surface area (Å²) in [4.78, 5) is 12.2. The molecule has 5 N–H and O–H groups in total. The highest BCUT2D eigenvalue weighted by molar-refractivity contribution is 7.12. The SMILES string of the molecule is O=C(N[C@H]1C(O)O[C@H](CO)[C@H](O)[C@@H]1O)c1cccs1. The minimum Gasteiger partial charge on any atom is -0.394 e. The highest BCUT2D eigenvalue weighted by Crippen LogP contribution is 2.20. The summed E-state index contributed by atoms with van der Waals surface area (Å²) in [6.45, 7) is -0.541. The number of hydrogen-bond acceptors (Lipinski definition) is 7. The van der Waals surface area contributed by atoms with Gasteiger partial charge in [-0.05, 0) is 11.4 Å². The number of hydrogen-bond donors (Lipinski definition) is 5. The van der Waals surface area contributed by atoms with E-state index in [0.29, 0.717) is 4.88 Å². The Hall–Kier alpha value is -1.03. The molecule has 2 heterocycles. The van der Waals surface area contributed by atoms with Gasteiger partial charge >= 0.3 is 0 Å². The van der Waals surface area contributed by atoms with E-state index in [1.165, 1.54) is 11.3 Å². The molecule has 0 bridgehead atoms. The van der Waals surface area contributed by atoms with Crippen molar-refractivity contribution in [1.29, 1.82) is 0 Å². The zero-order valence-corrected chi connectivity index (χ0v) is 10.7. The van der Waals surface area contributed by atoms with Crippen LogP contribution in [0.3, 0.4) is 0 Å². The molecule has 0 aromatic carbocycles. The molecular weight excluding hydrogens is 274 g/mol. The van der Waals surface area contributed by atoms with Crippen LogP contribution in [0.2, 0.25) is 0 Å². The summed E-state index contributed by atoms with van der Waals surface area (Å²) in [6.07, 6.45) is -5.40. The van der Waals surface area contributed by atoms with Crippen LogP contribution < -0.4 is 5.32 Å². The smallest absolute Gasteiger partial charge is 0.261 e. The fourth-order valence-corrected chi connectivity index (χ4v) is 2.51. The van der Waals surface area contributed by atoms with Gasteiger partial charge in [0.25, 0.3) is 5.91 Å². The molecular formula is C11H15NO6S. The van der Waals surface area contributed by atoms with Crippen LogP contribution in [-0.4, -0.2) is 63.6 Å². The molecule has 0 spiro atoms. The van der Waals surface area contributed by atoms with E-state index < -0.39 is 43.2 Å². The fraction of sp³-hybridized carbons (Fsp3) is 0.545. The molecule has 1 aliphatic rings. The van der Waals surface area contributed by atoms with E-state index in [2.05, 4.69) is 5.32 Å². The van der Waals surface area contributed by atoms with Crippen molar-refractivity contribution >= 4 is 17.2 Å². The van der Waals surface area contributed by atoms with E-state index in [0.717, 1.165) is 0 Å². The molecule has 1 aromatic rings. The Kier molecular flexibility index (Phi) is 4.50. The summed E-state index contributed by atoms with van der Waals surface area (Å²) in [5.74, 6) is -0.476. The number of rotatable bonds is 3. The summed E-state index contributed by atoms with van der Waals surface area (Å²) in [6, 6.07) is 2.13. The van der Waals surface area contributed by atoms with Crippen LogP contribution in [0.1, 0.15) is 9.67 Å². The third-order valence-corrected chi connectivity index (χ3v) is 3.81. The van der Waals surface area contributed by atoms with E-state index in [-0.39, 0.29) is 0 Å². The maximum atomic E-state index is 11.8. The van der Waals surface area contributed by atoms with Crippen molar-refractivity contribution in [3.05, 3.63) is 22.4 Å². The average Bonchev–Trinajstić information content (AvgIpc) is 2.92. The van der Waals surface area contributed by atoms with Gasteiger partial charge in [-0.1, -0.05) is 6.07 Å². The van der Waals surface area contributed by atoms with Gasteiger partial charge in [-0.2, -0.15) is 0 Å². The van der Waals surface area contributed by atoms with Crippen molar-refractivity contribution in [1.82, 2.24) is 5.32 Å². The molecule has 2 rings (SSSR count). The number of aliphatic hydroxyl groups excluding tert-OH is 4. The minimum absolute atomic E-state index is 0.415. The number of thiophene rings is 1. The molecule has 1 amide bonds. The molecule has 1 aromatic heterocycles. The normalized spacial score (nSPS) is 35.1. The maximum Gasteiger partial charge on any atom is 0.261 e. The number of carbonyl (C=O) groups is 1. The Morgan fingerprint density at radius 2 is 2.11 bits per heavy atom. The Bertz CT molecular complexity index is 425. The van der Waals surface area contributed by atoms with Gasteiger partial charge in [0.05, 0.1) is 11.5 Å². The van der Waals surface area contributed by atoms with E-state index in [1.54, 1.807) is 17.5 Å². The van der Waals surface area contributed by atoms with Gasteiger partial charge in [0.1, 0.15) is 24.4 Å². The van der Waals surface area contributed by atoms with E-state index in [4.69, 9.17) is 9.84 Å². The Labute approximate surface area is 113 Å². The van der Waals surface area contributed by atoms with Gasteiger partial charge in [0.15, 0.2) is 6.29 Å². The molecule has 1 fully saturated rings. The van der Waals surface area contributed by atoms with Crippen LogP contribution in [0.4, 0.5) is 0 Å². The van der Waals surface area contributed by atoms with Crippen LogP contribution in [0.5, 0.6) is 0 Å². The van der Waals surface area contributed by atoms with Crippen LogP contribution in [0.15, 0.2) is 17.5 Å². The Morgan fingerprint density at radius 1 is 1.37 bits per heavy atom. The molecule has 106 valence electrons. The summed E-state index contributed by atoms with van der Waals surface area (Å²) in [5, 5.41) is 42.2. The summed E-state index contributed by atoms with van der Waals surface area (Å²) < 4.78 is 4.93. The third kappa shape index (κ3) is 2.94. The lowest BCUT2D eigenvalue weighted by Crippen LogP contribution is -2.64. The van der Waals surface area contributed by atoms with Crippen LogP contribution in [-0.2, 0) is 4.74 Å². The van der Waals surface area contributed by atoms with Crippen molar-refractivity contribution in [3.63, 3.8) is 0 Å². The highest BCUT2D eigenvalue weighted by Gasteiger charge is 2.44. The fourth-order valence-electron chi connectivity index (χ4n) is 1.88. The van der Waals surface area contributed by atoms with E-state index in [9.17, 15) is 20.1 Å². The molecule has 0 saturated carbocycles. The Morgan fingerprint density at radius 3 is 2.68 bits per heavy atom. The summed E-state index contributed by atoms with van der Waals surface area (Å²) in [7, 11) is 0. The number of amides is 1. The van der Waals surface area contributed by atoms with Crippen molar-refractivity contribution in [3.8, 4) is 0 Å². The molecule has 1 unspecified atom stereocenters. The van der Waals surface area contributed by atoms with Crippen LogP contribution in [0.25, 0.3) is 0 Å². The van der Waals surface area contributed by atoms with Crippen molar-refractivity contribution in [2.24, 2.45) is 0 Å². The summed E-state index contributed by atoms with van der Waals surface area (Å²) >= 11 is 1.21. The highest BCUT2D eigenvalue weighted by atomic mass is 32.1. The first-order valence-electron chi connectivity index (χ1n) is 5.69. The first kappa shape index (κ1) is 14.4. The monoisotopic (exact) mass is 289 g/mol. The van der Waals surface area contributed by atoms with Gasteiger partial charge in [0.2, 0.25) is 0 Å². The molecule has 7 nitrogen and oxygen atoms in total. The lowest BCUT2D eigenvalue weighted by molar-refractivity contribution is -0.252. The zero-order chi connectivity index (χ0) is 14.0. The molecule has 0 radical (unpaired) electrons. The quantitative estimate of drug-likeness (QED) is 0.451. The van der Waals surface area contributed by atoms with Crippen molar-refractivity contribution < 1.29 is 30.0 Å². The molecule has 1 aliphatic heterocycles. The lowest BCUT2D eigenvalue weighted by atomic mass is 9.97. The largest absolute Gasteiger partial charge is 0.394 e. The lowest BCUT2D eigenvalue weighted by Gasteiger charge is -2.40. The van der Waals surface area contributed by atoms with Crippen LogP contribution >= 0.6 is 11.3 Å². The second-order valence-corrected chi connectivity index (χ2v) is 5.15. The van der Waals surface area contributed by atoms with E-state index in [1.807, 2.05) is 0 Å². The topological polar surface area (TPSA) is 119 Å². The molecule has 19 heavy (non-hydrogen) atoms. The first-order chi connectivity index (χ1) is 9.04. The minimum atomic E-state index is -1.50. The standard InChI is InChI=1S/C11H15NO6S/c13-4-5-8(14)9(15)7(11(17)18-5)12-10(16)6-2-1-3-19-6/h1-3,5,7-9,11,13-15,17H,4H2,(H,12,16)/t5-,7-,8+,9-,11?/m1/s1. The molecule has 1 saturated heterocycles. The van der Waals surface area contributed by atoms with Crippen molar-refractivity contribution in [2.75, 3.05) is 6.61 Å². The second kappa shape index (κ2) is 5.95. The number of aliphatic hydroxyl groups is 4. The third-order valence-electron chi connectivity index (χ3n) is 2.94. The van der Waals surface area contributed by atoms with Crippen LogP contribution in [0, 0.1) is 0 Å². The van der Waals surface area contributed by atoms with Gasteiger partial charge in [0, 0.05) is 0 Å². The molecule has 5 atom stereocenters. The first-order valence-corrected chi connectivity index (χ1v) is 6.57. The maximum absolute atomic E-state index is 11.8. The van der Waals surface area contributed by atoms with Gasteiger partial charge < -0.3 is 30.5 Å². The van der Waals surface area contributed by atoms with Gasteiger partial charge in [-0.25, -0.2) is 0 Å². The van der Waals surface area contributed by atoms with Gasteiger partial charge in [-0.3, -0.25) is 4.79 Å². The number of nitrogens with one attached hydrogen (secondary N) is 1. The molecule has 8 heteroatoms. The zero-order valence-electron chi connectivity index (χ0n) is 9.84. The average molecular weight is 289 g/mol. The Balaban J connectivity index is 2.05. The number of carbonyl (C=O) groups excluding carboxylic acids is 1. The number of ether oxygens (including phenoxy) is 1.